The number of hydrogen-bond donors (Lipinski definition) is 1. The van der Waals surface area contributed by atoms with Gasteiger partial charge in [0.1, 0.15) is 17.0 Å². The molecule has 2 aromatic rings. The van der Waals surface area contributed by atoms with Gasteiger partial charge < -0.3 is 10.2 Å². The van der Waals surface area contributed by atoms with Gasteiger partial charge in [0.15, 0.2) is 0 Å². The van der Waals surface area contributed by atoms with Gasteiger partial charge in [0.2, 0.25) is 0 Å². The number of piperidine rings is 1. The van der Waals surface area contributed by atoms with E-state index in [1.54, 1.807) is 17.7 Å². The summed E-state index contributed by atoms with van der Waals surface area (Å²) in [6.45, 7) is 5.61. The molecule has 2 saturated heterocycles. The molecule has 0 saturated carbocycles. The van der Waals surface area contributed by atoms with Crippen molar-refractivity contribution in [1.82, 2.24) is 15.3 Å². The van der Waals surface area contributed by atoms with E-state index in [1.807, 2.05) is 0 Å². The average molecular weight is 288 g/mol. The fraction of sp³-hybridized carbons (Fsp3) is 0.600. The Kier molecular flexibility index (Phi) is 3.11. The normalized spacial score (nSPS) is 26.1. The lowest BCUT2D eigenvalue weighted by Gasteiger charge is -2.24. The van der Waals surface area contributed by atoms with Crippen molar-refractivity contribution in [2.75, 3.05) is 24.5 Å². The molecule has 0 radical (unpaired) electrons. The van der Waals surface area contributed by atoms with Crippen LogP contribution in [0.2, 0.25) is 0 Å². The molecule has 2 aromatic heterocycles. The van der Waals surface area contributed by atoms with Gasteiger partial charge in [0.25, 0.3) is 0 Å². The van der Waals surface area contributed by atoms with Gasteiger partial charge in [-0.05, 0) is 37.8 Å². The molecule has 2 aliphatic heterocycles. The number of nitrogens with zero attached hydrogens (tertiary/aromatic N) is 3. The lowest BCUT2D eigenvalue weighted by molar-refractivity contribution is 0.340. The summed E-state index contributed by atoms with van der Waals surface area (Å²) in [5.41, 5.74) is 0. The third kappa shape index (κ3) is 2.00. The van der Waals surface area contributed by atoms with Gasteiger partial charge in [-0.2, -0.15) is 0 Å². The predicted molar refractivity (Wildman–Crippen MR) is 83.5 cm³/mol. The summed E-state index contributed by atoms with van der Waals surface area (Å²) in [5, 5.41) is 4.91. The van der Waals surface area contributed by atoms with Crippen LogP contribution in [0.3, 0.4) is 0 Å². The summed E-state index contributed by atoms with van der Waals surface area (Å²) in [6, 6.07) is 2.93. The Morgan fingerprint density at radius 3 is 3.20 bits per heavy atom. The van der Waals surface area contributed by atoms with Crippen molar-refractivity contribution >= 4 is 27.4 Å². The molecule has 5 heteroatoms. The Morgan fingerprint density at radius 2 is 2.35 bits per heavy atom. The van der Waals surface area contributed by atoms with Crippen LogP contribution in [0, 0.1) is 5.92 Å². The number of hydrogen-bond acceptors (Lipinski definition) is 5. The van der Waals surface area contributed by atoms with Crippen molar-refractivity contribution in [1.29, 1.82) is 0 Å². The van der Waals surface area contributed by atoms with Gasteiger partial charge >= 0.3 is 0 Å². The molecule has 4 rings (SSSR count). The van der Waals surface area contributed by atoms with Crippen molar-refractivity contribution in [3.63, 3.8) is 0 Å². The Bertz CT molecular complexity index is 609. The monoisotopic (exact) mass is 288 g/mol. The SMILES string of the molecule is CCc1cc2c(N3CC4CCCNC4C3)ncnc2s1. The van der Waals surface area contributed by atoms with Crippen molar-refractivity contribution < 1.29 is 0 Å². The van der Waals surface area contributed by atoms with Crippen molar-refractivity contribution in [3.05, 3.63) is 17.3 Å². The molecule has 4 heterocycles. The van der Waals surface area contributed by atoms with E-state index in [9.17, 15) is 0 Å². The van der Waals surface area contributed by atoms with E-state index in [0.717, 1.165) is 36.1 Å². The first kappa shape index (κ1) is 12.5. The molecule has 2 aliphatic rings. The van der Waals surface area contributed by atoms with E-state index in [-0.39, 0.29) is 0 Å². The number of aryl methyl sites for hydroxylation is 1. The molecule has 20 heavy (non-hydrogen) atoms. The molecule has 0 aromatic carbocycles. The molecule has 2 atom stereocenters. The first-order chi connectivity index (χ1) is 9.85. The smallest absolute Gasteiger partial charge is 0.140 e. The highest BCUT2D eigenvalue weighted by atomic mass is 32.1. The highest BCUT2D eigenvalue weighted by molar-refractivity contribution is 7.18. The van der Waals surface area contributed by atoms with E-state index in [2.05, 4.69) is 33.2 Å². The fourth-order valence-corrected chi connectivity index (χ4v) is 4.47. The molecule has 1 N–H and O–H groups in total. The first-order valence-electron chi connectivity index (χ1n) is 7.57. The van der Waals surface area contributed by atoms with Crippen LogP contribution in [-0.2, 0) is 6.42 Å². The van der Waals surface area contributed by atoms with Crippen LogP contribution >= 0.6 is 11.3 Å². The summed E-state index contributed by atoms with van der Waals surface area (Å²) < 4.78 is 0. The van der Waals surface area contributed by atoms with E-state index in [4.69, 9.17) is 0 Å². The van der Waals surface area contributed by atoms with E-state index in [0.29, 0.717) is 6.04 Å². The Balaban J connectivity index is 1.69. The summed E-state index contributed by atoms with van der Waals surface area (Å²) in [7, 11) is 0. The first-order valence-corrected chi connectivity index (χ1v) is 8.38. The fourth-order valence-electron chi connectivity index (χ4n) is 3.54. The molecular weight excluding hydrogens is 268 g/mol. The summed E-state index contributed by atoms with van der Waals surface area (Å²) in [6.07, 6.45) is 5.47. The molecule has 0 amide bonds. The quantitative estimate of drug-likeness (QED) is 0.921. The van der Waals surface area contributed by atoms with Gasteiger partial charge in [-0.15, -0.1) is 11.3 Å². The number of thiophene rings is 1. The van der Waals surface area contributed by atoms with Crippen LogP contribution in [0.5, 0.6) is 0 Å². The van der Waals surface area contributed by atoms with Crippen molar-refractivity contribution in [2.45, 2.75) is 32.2 Å². The topological polar surface area (TPSA) is 41.0 Å². The zero-order chi connectivity index (χ0) is 13.5. The Hall–Kier alpha value is -1.20. The number of fused-ring (bicyclic) bond motifs is 2. The molecule has 0 spiro atoms. The minimum absolute atomic E-state index is 0.651. The average Bonchev–Trinajstić information content (AvgIpc) is 3.09. The largest absolute Gasteiger partial charge is 0.354 e. The molecule has 2 unspecified atom stereocenters. The van der Waals surface area contributed by atoms with Gasteiger partial charge in [0, 0.05) is 24.0 Å². The zero-order valence-electron chi connectivity index (χ0n) is 11.8. The van der Waals surface area contributed by atoms with E-state index in [1.165, 1.54) is 29.6 Å². The Labute approximate surface area is 123 Å². The number of nitrogens with one attached hydrogen (secondary N) is 1. The van der Waals surface area contributed by atoms with Gasteiger partial charge in [-0.25, -0.2) is 9.97 Å². The zero-order valence-corrected chi connectivity index (χ0v) is 12.6. The second kappa shape index (κ2) is 4.97. The summed E-state index contributed by atoms with van der Waals surface area (Å²) in [5.74, 6) is 1.93. The van der Waals surface area contributed by atoms with Crippen LogP contribution in [0.4, 0.5) is 5.82 Å². The van der Waals surface area contributed by atoms with Crippen LogP contribution in [0.1, 0.15) is 24.6 Å². The second-order valence-electron chi connectivity index (χ2n) is 5.85. The van der Waals surface area contributed by atoms with Gasteiger partial charge in [0.05, 0.1) is 5.39 Å². The molecule has 4 nitrogen and oxygen atoms in total. The number of aromatic nitrogens is 2. The second-order valence-corrected chi connectivity index (χ2v) is 6.97. The molecular formula is C15H20N4S. The minimum Gasteiger partial charge on any atom is -0.354 e. The third-order valence-corrected chi connectivity index (χ3v) is 5.79. The van der Waals surface area contributed by atoms with Crippen molar-refractivity contribution in [3.8, 4) is 0 Å². The maximum atomic E-state index is 4.59. The lowest BCUT2D eigenvalue weighted by atomic mass is 9.94. The van der Waals surface area contributed by atoms with Crippen molar-refractivity contribution in [2.24, 2.45) is 5.92 Å². The maximum absolute atomic E-state index is 4.59. The summed E-state index contributed by atoms with van der Waals surface area (Å²) >= 11 is 1.80. The van der Waals surface area contributed by atoms with Crippen LogP contribution < -0.4 is 10.2 Å². The lowest BCUT2D eigenvalue weighted by Crippen LogP contribution is -2.40. The Morgan fingerprint density at radius 1 is 1.40 bits per heavy atom. The number of anilines is 1. The third-order valence-electron chi connectivity index (χ3n) is 4.61. The molecule has 106 valence electrons. The van der Waals surface area contributed by atoms with Crippen LogP contribution in [-0.4, -0.2) is 35.6 Å². The minimum atomic E-state index is 0.651. The van der Waals surface area contributed by atoms with Gasteiger partial charge in [-0.3, -0.25) is 0 Å². The van der Waals surface area contributed by atoms with Crippen LogP contribution in [0.25, 0.3) is 10.2 Å². The highest BCUT2D eigenvalue weighted by Crippen LogP contribution is 2.34. The van der Waals surface area contributed by atoms with Gasteiger partial charge in [-0.1, -0.05) is 6.92 Å². The molecule has 0 bridgehead atoms. The standard InChI is InChI=1S/C15H20N4S/c1-2-11-6-12-14(17-9-18-15(12)20-11)19-7-10-4-3-5-16-13(10)8-19/h6,9-10,13,16H,2-5,7-8H2,1H3. The highest BCUT2D eigenvalue weighted by Gasteiger charge is 2.35. The van der Waals surface area contributed by atoms with Crippen LogP contribution in [0.15, 0.2) is 12.4 Å². The number of rotatable bonds is 2. The molecule has 0 aliphatic carbocycles. The van der Waals surface area contributed by atoms with E-state index < -0.39 is 0 Å². The van der Waals surface area contributed by atoms with E-state index >= 15 is 0 Å². The maximum Gasteiger partial charge on any atom is 0.140 e. The molecule has 2 fully saturated rings. The predicted octanol–water partition coefficient (Wildman–Crippen LogP) is 2.44. The summed E-state index contributed by atoms with van der Waals surface area (Å²) in [4.78, 5) is 14.0.